The summed E-state index contributed by atoms with van der Waals surface area (Å²) in [6, 6.07) is 14.1. The number of fused-ring (bicyclic) bond motifs is 1. The van der Waals surface area contributed by atoms with Gasteiger partial charge in [0.25, 0.3) is 0 Å². The van der Waals surface area contributed by atoms with E-state index < -0.39 is 0 Å². The van der Waals surface area contributed by atoms with Gasteiger partial charge in [0.1, 0.15) is 21.7 Å². The summed E-state index contributed by atoms with van der Waals surface area (Å²) in [4.78, 5) is 21.6. The Labute approximate surface area is 184 Å². The Hall–Kier alpha value is -2.45. The van der Waals surface area contributed by atoms with E-state index in [4.69, 9.17) is 14.5 Å². The molecule has 1 aromatic heterocycles. The third kappa shape index (κ3) is 4.49. The number of piperazine rings is 1. The lowest BCUT2D eigenvalue weighted by atomic mass is 10.2. The molecule has 6 nitrogen and oxygen atoms in total. The summed E-state index contributed by atoms with van der Waals surface area (Å²) in [5.41, 5.74) is 2.08. The number of hydrogen-bond acceptors (Lipinski definition) is 7. The van der Waals surface area contributed by atoms with Crippen LogP contribution in [0.3, 0.4) is 0 Å². The molecule has 2 aromatic carbocycles. The minimum absolute atomic E-state index is 0.211. The van der Waals surface area contributed by atoms with E-state index in [0.29, 0.717) is 5.75 Å². The minimum atomic E-state index is 0.211. The molecule has 0 spiro atoms. The molecule has 1 saturated heterocycles. The first-order valence-electron chi connectivity index (χ1n) is 9.85. The molecule has 158 valence electrons. The van der Waals surface area contributed by atoms with Crippen molar-refractivity contribution in [2.24, 2.45) is 0 Å². The average Bonchev–Trinajstić information content (AvgIpc) is 3.25. The van der Waals surface area contributed by atoms with Gasteiger partial charge in [0.15, 0.2) is 5.13 Å². The van der Waals surface area contributed by atoms with Crippen LogP contribution in [0.1, 0.15) is 5.56 Å². The number of rotatable bonds is 7. The van der Waals surface area contributed by atoms with Crippen LogP contribution in [-0.2, 0) is 10.5 Å². The molecule has 30 heavy (non-hydrogen) atoms. The molecule has 2 heterocycles. The van der Waals surface area contributed by atoms with Crippen molar-refractivity contribution in [1.29, 1.82) is 0 Å². The lowest BCUT2D eigenvalue weighted by Crippen LogP contribution is -2.49. The SMILES string of the molecule is COc1ccc(OC)c2sc(N3CCN(C(=O)CSCc4ccccc4)CC3)nc12. The number of aromatic nitrogens is 1. The number of methoxy groups -OCH3 is 2. The van der Waals surface area contributed by atoms with E-state index in [1.165, 1.54) is 5.56 Å². The van der Waals surface area contributed by atoms with Crippen LogP contribution >= 0.6 is 23.1 Å². The van der Waals surface area contributed by atoms with Crippen molar-refractivity contribution in [1.82, 2.24) is 9.88 Å². The Balaban J connectivity index is 1.34. The first kappa shape index (κ1) is 20.8. The standard InChI is InChI=1S/C22H25N3O3S2/c1-27-17-8-9-18(28-2)21-20(17)23-22(30-21)25-12-10-24(11-13-25)19(26)15-29-14-16-6-4-3-5-7-16/h3-9H,10-15H2,1-2H3. The topological polar surface area (TPSA) is 54.9 Å². The van der Waals surface area contributed by atoms with Gasteiger partial charge in [-0.2, -0.15) is 0 Å². The number of carbonyl (C=O) groups excluding carboxylic acids is 1. The molecule has 1 fully saturated rings. The zero-order valence-corrected chi connectivity index (χ0v) is 18.8. The van der Waals surface area contributed by atoms with Crippen molar-refractivity contribution in [2.45, 2.75) is 5.75 Å². The summed E-state index contributed by atoms with van der Waals surface area (Å²) < 4.78 is 11.9. The number of anilines is 1. The Morgan fingerprint density at radius 2 is 1.73 bits per heavy atom. The fourth-order valence-electron chi connectivity index (χ4n) is 3.48. The van der Waals surface area contributed by atoms with Gasteiger partial charge in [0.05, 0.1) is 20.0 Å². The molecular formula is C22H25N3O3S2. The second-order valence-electron chi connectivity index (χ2n) is 6.99. The maximum absolute atomic E-state index is 12.6. The van der Waals surface area contributed by atoms with E-state index in [1.54, 1.807) is 37.3 Å². The summed E-state index contributed by atoms with van der Waals surface area (Å²) in [7, 11) is 3.32. The van der Waals surface area contributed by atoms with Gasteiger partial charge in [-0.15, -0.1) is 11.8 Å². The van der Waals surface area contributed by atoms with Crippen molar-refractivity contribution in [3.8, 4) is 11.5 Å². The van der Waals surface area contributed by atoms with Crippen LogP contribution < -0.4 is 14.4 Å². The maximum Gasteiger partial charge on any atom is 0.232 e. The van der Waals surface area contributed by atoms with Crippen molar-refractivity contribution in [2.75, 3.05) is 51.1 Å². The highest BCUT2D eigenvalue weighted by molar-refractivity contribution is 7.99. The molecule has 1 aliphatic heterocycles. The number of carbonyl (C=O) groups is 1. The van der Waals surface area contributed by atoms with Gasteiger partial charge in [-0.05, 0) is 17.7 Å². The van der Waals surface area contributed by atoms with Crippen LogP contribution in [0.15, 0.2) is 42.5 Å². The third-order valence-corrected chi connectivity index (χ3v) is 7.26. The Morgan fingerprint density at radius 3 is 2.43 bits per heavy atom. The van der Waals surface area contributed by atoms with Gasteiger partial charge < -0.3 is 19.3 Å². The highest BCUT2D eigenvalue weighted by atomic mass is 32.2. The summed E-state index contributed by atoms with van der Waals surface area (Å²) in [6.45, 7) is 2.99. The second-order valence-corrected chi connectivity index (χ2v) is 8.95. The number of benzene rings is 2. The quantitative estimate of drug-likeness (QED) is 0.552. The first-order valence-corrected chi connectivity index (χ1v) is 11.8. The van der Waals surface area contributed by atoms with E-state index in [9.17, 15) is 4.79 Å². The highest BCUT2D eigenvalue weighted by Gasteiger charge is 2.24. The number of thiazole rings is 1. The van der Waals surface area contributed by atoms with E-state index in [-0.39, 0.29) is 5.91 Å². The van der Waals surface area contributed by atoms with Crippen molar-refractivity contribution in [3.63, 3.8) is 0 Å². The Bertz CT molecular complexity index is 961. The fourth-order valence-corrected chi connectivity index (χ4v) is 5.49. The number of nitrogens with zero attached hydrogens (tertiary/aromatic N) is 3. The van der Waals surface area contributed by atoms with Gasteiger partial charge in [0, 0.05) is 31.9 Å². The smallest absolute Gasteiger partial charge is 0.232 e. The lowest BCUT2D eigenvalue weighted by Gasteiger charge is -2.34. The van der Waals surface area contributed by atoms with Crippen molar-refractivity contribution >= 4 is 44.4 Å². The van der Waals surface area contributed by atoms with Gasteiger partial charge in [-0.3, -0.25) is 4.79 Å². The molecule has 0 saturated carbocycles. The largest absolute Gasteiger partial charge is 0.495 e. The molecule has 0 N–H and O–H groups in total. The Kier molecular flexibility index (Phi) is 6.64. The van der Waals surface area contributed by atoms with Gasteiger partial charge in [-0.25, -0.2) is 4.98 Å². The molecule has 1 aliphatic rings. The van der Waals surface area contributed by atoms with Gasteiger partial charge >= 0.3 is 0 Å². The molecular weight excluding hydrogens is 418 g/mol. The summed E-state index contributed by atoms with van der Waals surface area (Å²) in [5, 5.41) is 0.943. The average molecular weight is 444 g/mol. The zero-order valence-electron chi connectivity index (χ0n) is 17.2. The molecule has 8 heteroatoms. The molecule has 3 aromatic rings. The van der Waals surface area contributed by atoms with Crippen LogP contribution in [0, 0.1) is 0 Å². The monoisotopic (exact) mass is 443 g/mol. The molecule has 0 aliphatic carbocycles. The van der Waals surface area contributed by atoms with Crippen LogP contribution in [0.2, 0.25) is 0 Å². The summed E-state index contributed by atoms with van der Waals surface area (Å²) in [6.07, 6.45) is 0. The normalized spacial score (nSPS) is 14.2. The first-order chi connectivity index (χ1) is 14.7. The van der Waals surface area contributed by atoms with Crippen LogP contribution in [-0.4, -0.2) is 61.9 Å². The number of thioether (sulfide) groups is 1. The number of amides is 1. The summed E-state index contributed by atoms with van der Waals surface area (Å²) >= 11 is 3.28. The predicted octanol–water partition coefficient (Wildman–Crippen LogP) is 3.90. The van der Waals surface area contributed by atoms with Crippen LogP contribution in [0.4, 0.5) is 5.13 Å². The van der Waals surface area contributed by atoms with E-state index in [2.05, 4.69) is 17.0 Å². The zero-order chi connectivity index (χ0) is 20.9. The van der Waals surface area contributed by atoms with E-state index >= 15 is 0 Å². The fraction of sp³-hybridized carbons (Fsp3) is 0.364. The molecule has 0 radical (unpaired) electrons. The molecule has 1 amide bonds. The van der Waals surface area contributed by atoms with Gasteiger partial charge in [-0.1, -0.05) is 41.7 Å². The third-order valence-electron chi connectivity index (χ3n) is 5.14. The minimum Gasteiger partial charge on any atom is -0.495 e. The van der Waals surface area contributed by atoms with Crippen molar-refractivity contribution in [3.05, 3.63) is 48.0 Å². The maximum atomic E-state index is 12.6. The highest BCUT2D eigenvalue weighted by Crippen LogP contribution is 2.40. The second kappa shape index (κ2) is 9.57. The predicted molar refractivity (Wildman–Crippen MR) is 124 cm³/mol. The van der Waals surface area contributed by atoms with Crippen molar-refractivity contribution < 1.29 is 14.3 Å². The van der Waals surface area contributed by atoms with Gasteiger partial charge in [0.2, 0.25) is 5.91 Å². The molecule has 4 rings (SSSR count). The molecule has 0 bridgehead atoms. The van der Waals surface area contributed by atoms with E-state index in [1.807, 2.05) is 35.2 Å². The van der Waals surface area contributed by atoms with E-state index in [0.717, 1.165) is 58.8 Å². The Morgan fingerprint density at radius 1 is 1.03 bits per heavy atom. The van der Waals surface area contributed by atoms with Crippen LogP contribution in [0.5, 0.6) is 11.5 Å². The molecule has 0 unspecified atom stereocenters. The number of ether oxygens (including phenoxy) is 2. The number of hydrogen-bond donors (Lipinski definition) is 0. The van der Waals surface area contributed by atoms with Crippen LogP contribution in [0.25, 0.3) is 10.2 Å². The lowest BCUT2D eigenvalue weighted by molar-refractivity contribution is -0.128. The summed E-state index contributed by atoms with van der Waals surface area (Å²) in [5.74, 6) is 3.14. The molecule has 0 atom stereocenters.